The van der Waals surface area contributed by atoms with Crippen LogP contribution in [-0.2, 0) is 0 Å². The molecule has 0 amide bonds. The first-order chi connectivity index (χ1) is 7.70. The van der Waals surface area contributed by atoms with Crippen LogP contribution in [0.2, 0.25) is 0 Å². The van der Waals surface area contributed by atoms with E-state index in [1.165, 1.54) is 57.8 Å². The average molecular weight is 226 g/mol. The van der Waals surface area contributed by atoms with Gasteiger partial charge in [-0.1, -0.05) is 86.0 Å². The molecule has 0 rings (SSSR count). The highest BCUT2D eigenvalue weighted by atomic mass is 14.4. The molecule has 0 fully saturated rings. The summed E-state index contributed by atoms with van der Waals surface area (Å²) in [5.74, 6) is 0.976. The number of unbranched alkanes of at least 4 members (excludes halogenated alkanes) is 2. The molecule has 0 aliphatic heterocycles. The fourth-order valence-corrected chi connectivity index (χ4v) is 3.36. The lowest BCUT2D eigenvalue weighted by Crippen LogP contribution is -2.29. The highest BCUT2D eigenvalue weighted by molar-refractivity contribution is 4.83. The predicted octanol–water partition coefficient (Wildman–Crippen LogP) is 6.20. The van der Waals surface area contributed by atoms with Gasteiger partial charge in [0.05, 0.1) is 0 Å². The second-order valence-electron chi connectivity index (χ2n) is 5.40. The summed E-state index contributed by atoms with van der Waals surface area (Å²) in [5, 5.41) is 0. The molecule has 0 saturated carbocycles. The van der Waals surface area contributed by atoms with Crippen LogP contribution in [-0.4, -0.2) is 0 Å². The zero-order valence-electron chi connectivity index (χ0n) is 12.4. The third-order valence-electron chi connectivity index (χ3n) is 4.77. The van der Waals surface area contributed by atoms with Crippen molar-refractivity contribution in [1.29, 1.82) is 0 Å². The summed E-state index contributed by atoms with van der Waals surface area (Å²) in [6.45, 7) is 11.8. The van der Waals surface area contributed by atoms with Gasteiger partial charge in [0, 0.05) is 0 Å². The van der Waals surface area contributed by atoms with Crippen molar-refractivity contribution in [3.05, 3.63) is 0 Å². The third kappa shape index (κ3) is 4.47. The Hall–Kier alpha value is 0. The van der Waals surface area contributed by atoms with E-state index in [2.05, 4.69) is 34.6 Å². The summed E-state index contributed by atoms with van der Waals surface area (Å²) in [6.07, 6.45) is 12.6. The van der Waals surface area contributed by atoms with Gasteiger partial charge in [-0.25, -0.2) is 0 Å². The fraction of sp³-hybridized carbons (Fsp3) is 1.00. The van der Waals surface area contributed by atoms with Gasteiger partial charge in [0.2, 0.25) is 0 Å². The zero-order chi connectivity index (χ0) is 12.4. The molecular formula is C16H34. The summed E-state index contributed by atoms with van der Waals surface area (Å²) in [4.78, 5) is 0. The van der Waals surface area contributed by atoms with E-state index in [1.54, 1.807) is 0 Å². The maximum Gasteiger partial charge on any atom is -0.0277 e. The molecule has 0 aromatic carbocycles. The van der Waals surface area contributed by atoms with Gasteiger partial charge in [-0.05, 0) is 17.8 Å². The molecule has 1 atom stereocenters. The van der Waals surface area contributed by atoms with Crippen LogP contribution < -0.4 is 0 Å². The van der Waals surface area contributed by atoms with Crippen LogP contribution >= 0.6 is 0 Å². The van der Waals surface area contributed by atoms with Gasteiger partial charge in [-0.2, -0.15) is 0 Å². The minimum absolute atomic E-state index is 0.643. The molecule has 0 heterocycles. The second kappa shape index (κ2) is 9.07. The first-order valence-electron chi connectivity index (χ1n) is 7.70. The van der Waals surface area contributed by atoms with E-state index in [0.29, 0.717) is 5.41 Å². The van der Waals surface area contributed by atoms with Crippen LogP contribution in [0.5, 0.6) is 0 Å². The minimum Gasteiger partial charge on any atom is -0.0654 e. The molecule has 0 spiro atoms. The third-order valence-corrected chi connectivity index (χ3v) is 4.77. The summed E-state index contributed by atoms with van der Waals surface area (Å²) in [7, 11) is 0. The maximum absolute atomic E-state index is 2.40. The van der Waals surface area contributed by atoms with Gasteiger partial charge >= 0.3 is 0 Å². The van der Waals surface area contributed by atoms with Crippen LogP contribution in [0.3, 0.4) is 0 Å². The number of hydrogen-bond acceptors (Lipinski definition) is 0. The molecule has 0 heteroatoms. The van der Waals surface area contributed by atoms with Crippen LogP contribution in [0.4, 0.5) is 0 Å². The Morgan fingerprint density at radius 3 is 1.62 bits per heavy atom. The molecule has 0 bridgehead atoms. The van der Waals surface area contributed by atoms with E-state index < -0.39 is 0 Å². The Kier molecular flexibility index (Phi) is 9.07. The van der Waals surface area contributed by atoms with Crippen molar-refractivity contribution in [2.45, 2.75) is 92.4 Å². The lowest BCUT2D eigenvalue weighted by Gasteiger charge is -2.39. The van der Waals surface area contributed by atoms with Crippen molar-refractivity contribution < 1.29 is 0 Å². The van der Waals surface area contributed by atoms with Crippen molar-refractivity contribution in [2.75, 3.05) is 0 Å². The maximum atomic E-state index is 2.40. The van der Waals surface area contributed by atoms with Crippen molar-refractivity contribution in [3.8, 4) is 0 Å². The molecule has 0 radical (unpaired) electrons. The van der Waals surface area contributed by atoms with E-state index >= 15 is 0 Å². The van der Waals surface area contributed by atoms with E-state index in [-0.39, 0.29) is 0 Å². The molecule has 0 N–H and O–H groups in total. The van der Waals surface area contributed by atoms with Crippen LogP contribution in [0.15, 0.2) is 0 Å². The summed E-state index contributed by atoms with van der Waals surface area (Å²) in [6, 6.07) is 0. The van der Waals surface area contributed by atoms with Crippen molar-refractivity contribution in [2.24, 2.45) is 11.3 Å². The highest BCUT2D eigenvalue weighted by Gasteiger charge is 2.32. The molecule has 0 aromatic heterocycles. The summed E-state index contributed by atoms with van der Waals surface area (Å²) >= 11 is 0. The normalized spacial score (nSPS) is 14.1. The molecule has 98 valence electrons. The Bertz CT molecular complexity index is 136. The van der Waals surface area contributed by atoms with Crippen LogP contribution in [0.1, 0.15) is 92.4 Å². The van der Waals surface area contributed by atoms with Gasteiger partial charge in [0.1, 0.15) is 0 Å². The lowest BCUT2D eigenvalue weighted by atomic mass is 9.66. The molecular weight excluding hydrogens is 192 g/mol. The Morgan fingerprint density at radius 2 is 1.25 bits per heavy atom. The second-order valence-corrected chi connectivity index (χ2v) is 5.40. The Morgan fingerprint density at radius 1 is 0.688 bits per heavy atom. The van der Waals surface area contributed by atoms with Gasteiger partial charge in [-0.3, -0.25) is 0 Å². The molecule has 0 aliphatic rings. The van der Waals surface area contributed by atoms with E-state index in [0.717, 1.165) is 5.92 Å². The first-order valence-corrected chi connectivity index (χ1v) is 7.70. The van der Waals surface area contributed by atoms with E-state index in [9.17, 15) is 0 Å². The summed E-state index contributed by atoms with van der Waals surface area (Å²) in [5.41, 5.74) is 0.643. The minimum atomic E-state index is 0.643. The predicted molar refractivity (Wildman–Crippen MR) is 75.8 cm³/mol. The van der Waals surface area contributed by atoms with Crippen molar-refractivity contribution >= 4 is 0 Å². The Balaban J connectivity index is 4.44. The van der Waals surface area contributed by atoms with E-state index in [4.69, 9.17) is 0 Å². The molecule has 0 aliphatic carbocycles. The van der Waals surface area contributed by atoms with Crippen LogP contribution in [0.25, 0.3) is 0 Å². The van der Waals surface area contributed by atoms with Gasteiger partial charge in [-0.15, -0.1) is 0 Å². The Labute approximate surface area is 104 Å². The van der Waals surface area contributed by atoms with Crippen LogP contribution in [0, 0.1) is 11.3 Å². The first kappa shape index (κ1) is 16.0. The zero-order valence-corrected chi connectivity index (χ0v) is 12.4. The number of rotatable bonds is 10. The molecule has 16 heavy (non-hydrogen) atoms. The molecule has 0 aromatic rings. The standard InChI is InChI=1S/C16H34/c1-6-11-12-14-15(13-7-2)16(8-3,9-4)10-5/h15H,6-14H2,1-5H3. The lowest BCUT2D eigenvalue weighted by molar-refractivity contribution is 0.114. The topological polar surface area (TPSA) is 0 Å². The highest BCUT2D eigenvalue weighted by Crippen LogP contribution is 2.43. The molecule has 0 saturated heterocycles. The largest absolute Gasteiger partial charge is 0.0654 e. The van der Waals surface area contributed by atoms with Crippen molar-refractivity contribution in [1.82, 2.24) is 0 Å². The average Bonchev–Trinajstić information content (AvgIpc) is 2.32. The van der Waals surface area contributed by atoms with Gasteiger partial charge in [0.25, 0.3) is 0 Å². The monoisotopic (exact) mass is 226 g/mol. The molecule has 0 nitrogen and oxygen atoms in total. The summed E-state index contributed by atoms with van der Waals surface area (Å²) < 4.78 is 0. The molecule has 1 unspecified atom stereocenters. The van der Waals surface area contributed by atoms with Gasteiger partial charge < -0.3 is 0 Å². The fourth-order valence-electron chi connectivity index (χ4n) is 3.36. The van der Waals surface area contributed by atoms with Crippen molar-refractivity contribution in [3.63, 3.8) is 0 Å². The van der Waals surface area contributed by atoms with Gasteiger partial charge in [0.15, 0.2) is 0 Å². The number of hydrogen-bond donors (Lipinski definition) is 0. The quantitative estimate of drug-likeness (QED) is 0.389. The SMILES string of the molecule is CCCCCC(CCC)C(CC)(CC)CC. The smallest absolute Gasteiger partial charge is 0.0277 e. The van der Waals surface area contributed by atoms with E-state index in [1.807, 2.05) is 0 Å².